The first kappa shape index (κ1) is 15.8. The minimum absolute atomic E-state index is 0.0245. The molecular formula is C10H20N2O5. The molecule has 100 valence electrons. The molecule has 0 aliphatic rings. The lowest BCUT2D eigenvalue weighted by Crippen LogP contribution is -2.30. The molecule has 7 heteroatoms. The summed E-state index contributed by atoms with van der Waals surface area (Å²) < 4.78 is 5.06. The third-order valence-electron chi connectivity index (χ3n) is 1.88. The maximum Gasteiger partial charge on any atom is 0.305 e. The Labute approximate surface area is 100 Å². The fourth-order valence-electron chi connectivity index (χ4n) is 1.03. The van der Waals surface area contributed by atoms with E-state index in [4.69, 9.17) is 14.9 Å². The quantitative estimate of drug-likeness (QED) is 0.332. The number of carbonyl (C=O) groups is 2. The first-order valence-electron chi connectivity index (χ1n) is 5.55. The molecule has 17 heavy (non-hydrogen) atoms. The summed E-state index contributed by atoms with van der Waals surface area (Å²) in [5.74, 6) is -1.67. The maximum atomic E-state index is 10.2. The maximum absolute atomic E-state index is 10.2. The van der Waals surface area contributed by atoms with E-state index >= 15 is 0 Å². The first-order valence-corrected chi connectivity index (χ1v) is 5.55. The zero-order valence-electron chi connectivity index (χ0n) is 9.78. The van der Waals surface area contributed by atoms with Gasteiger partial charge < -0.3 is 25.6 Å². The Kier molecular flexibility index (Phi) is 10.5. The first-order chi connectivity index (χ1) is 8.13. The molecule has 4 N–H and O–H groups in total. The van der Waals surface area contributed by atoms with Crippen molar-refractivity contribution in [1.82, 2.24) is 10.6 Å². The Morgan fingerprint density at radius 1 is 0.824 bits per heavy atom. The van der Waals surface area contributed by atoms with Crippen LogP contribution in [-0.4, -0.2) is 61.5 Å². The van der Waals surface area contributed by atoms with E-state index in [-0.39, 0.29) is 19.4 Å². The van der Waals surface area contributed by atoms with Crippen molar-refractivity contribution in [2.24, 2.45) is 0 Å². The molecule has 0 saturated carbocycles. The van der Waals surface area contributed by atoms with Crippen LogP contribution in [0.3, 0.4) is 0 Å². The highest BCUT2D eigenvalue weighted by Crippen LogP contribution is 1.81. The van der Waals surface area contributed by atoms with E-state index in [2.05, 4.69) is 10.6 Å². The molecule has 0 unspecified atom stereocenters. The average molecular weight is 248 g/mol. The summed E-state index contributed by atoms with van der Waals surface area (Å²) >= 11 is 0. The number of nitrogens with one attached hydrogen (secondary N) is 2. The largest absolute Gasteiger partial charge is 0.481 e. The van der Waals surface area contributed by atoms with E-state index in [1.165, 1.54) is 0 Å². The van der Waals surface area contributed by atoms with E-state index in [0.717, 1.165) is 6.54 Å². The molecule has 0 aromatic rings. The zero-order chi connectivity index (χ0) is 12.9. The van der Waals surface area contributed by atoms with Gasteiger partial charge in [0.05, 0.1) is 26.1 Å². The number of aliphatic carboxylic acids is 2. The van der Waals surface area contributed by atoms with Crippen LogP contribution in [0.15, 0.2) is 0 Å². The van der Waals surface area contributed by atoms with Crippen LogP contribution in [0.2, 0.25) is 0 Å². The minimum atomic E-state index is -0.861. The molecule has 0 bridgehead atoms. The van der Waals surface area contributed by atoms with Crippen LogP contribution < -0.4 is 10.6 Å². The Morgan fingerprint density at radius 3 is 2.00 bits per heavy atom. The van der Waals surface area contributed by atoms with Gasteiger partial charge in [-0.1, -0.05) is 0 Å². The van der Waals surface area contributed by atoms with Gasteiger partial charge in [-0.2, -0.15) is 0 Å². The summed E-state index contributed by atoms with van der Waals surface area (Å²) in [6.45, 7) is 3.24. The summed E-state index contributed by atoms with van der Waals surface area (Å²) in [6.07, 6.45) is 0.148. The monoisotopic (exact) mass is 248 g/mol. The molecule has 0 fully saturated rings. The summed E-state index contributed by atoms with van der Waals surface area (Å²) in [7, 11) is 0. The highest BCUT2D eigenvalue weighted by molar-refractivity contribution is 5.67. The third kappa shape index (κ3) is 14.8. The van der Waals surface area contributed by atoms with Gasteiger partial charge in [0, 0.05) is 26.2 Å². The van der Waals surface area contributed by atoms with Gasteiger partial charge in [-0.15, -0.1) is 0 Å². The Bertz CT molecular complexity index is 201. The van der Waals surface area contributed by atoms with Gasteiger partial charge in [-0.05, 0) is 0 Å². The van der Waals surface area contributed by atoms with Gasteiger partial charge in [0.1, 0.15) is 0 Å². The average Bonchev–Trinajstić information content (AvgIpc) is 2.25. The van der Waals surface area contributed by atoms with Crippen molar-refractivity contribution < 1.29 is 24.5 Å². The fourth-order valence-corrected chi connectivity index (χ4v) is 1.03. The van der Waals surface area contributed by atoms with E-state index < -0.39 is 11.9 Å². The normalized spacial score (nSPS) is 10.4. The third-order valence-corrected chi connectivity index (χ3v) is 1.88. The predicted octanol–water partition coefficient (Wildman–Crippen LogP) is -0.868. The fraction of sp³-hybridized carbons (Fsp3) is 0.800. The lowest BCUT2D eigenvalue weighted by molar-refractivity contribution is -0.138. The van der Waals surface area contributed by atoms with Crippen molar-refractivity contribution in [3.8, 4) is 0 Å². The van der Waals surface area contributed by atoms with Crippen LogP contribution in [0.25, 0.3) is 0 Å². The molecule has 0 rings (SSSR count). The van der Waals surface area contributed by atoms with Crippen LogP contribution in [0, 0.1) is 0 Å². The van der Waals surface area contributed by atoms with Crippen molar-refractivity contribution in [3.63, 3.8) is 0 Å². The lowest BCUT2D eigenvalue weighted by Gasteiger charge is -2.06. The number of hydrogen-bond acceptors (Lipinski definition) is 5. The lowest BCUT2D eigenvalue weighted by atomic mass is 10.4. The summed E-state index contributed by atoms with van der Waals surface area (Å²) in [6, 6.07) is 0. The Morgan fingerprint density at radius 2 is 1.41 bits per heavy atom. The SMILES string of the molecule is O=C(O)CCNCCNCCOCCC(=O)O. The molecule has 0 heterocycles. The molecule has 0 saturated heterocycles. The molecule has 0 spiro atoms. The second-order valence-electron chi connectivity index (χ2n) is 3.40. The van der Waals surface area contributed by atoms with Gasteiger partial charge >= 0.3 is 11.9 Å². The summed E-state index contributed by atoms with van der Waals surface area (Å²) in [5, 5.41) is 22.7. The van der Waals surface area contributed by atoms with Crippen molar-refractivity contribution >= 4 is 11.9 Å². The van der Waals surface area contributed by atoms with E-state index in [1.807, 2.05) is 0 Å². The molecule has 0 aliphatic heterocycles. The van der Waals surface area contributed by atoms with E-state index in [0.29, 0.717) is 26.2 Å². The smallest absolute Gasteiger partial charge is 0.305 e. The second kappa shape index (κ2) is 11.3. The van der Waals surface area contributed by atoms with E-state index in [1.54, 1.807) is 0 Å². The number of hydrogen-bond donors (Lipinski definition) is 4. The van der Waals surface area contributed by atoms with Crippen LogP contribution in [-0.2, 0) is 14.3 Å². The van der Waals surface area contributed by atoms with Crippen LogP contribution in [0.4, 0.5) is 0 Å². The molecule has 0 aromatic heterocycles. The van der Waals surface area contributed by atoms with Gasteiger partial charge in [-0.25, -0.2) is 0 Å². The molecular weight excluding hydrogens is 228 g/mol. The molecule has 7 nitrogen and oxygen atoms in total. The van der Waals surface area contributed by atoms with Crippen LogP contribution >= 0.6 is 0 Å². The summed E-state index contributed by atoms with van der Waals surface area (Å²) in [4.78, 5) is 20.3. The standard InChI is InChI=1S/C10H20N2O5/c13-9(14)1-3-11-4-5-12-6-8-17-7-2-10(15)16/h11-12H,1-8H2,(H,13,14)(H,15,16). The zero-order valence-corrected chi connectivity index (χ0v) is 9.78. The number of carboxylic acids is 2. The molecule has 0 radical (unpaired) electrons. The highest BCUT2D eigenvalue weighted by atomic mass is 16.5. The number of carboxylic acid groups (broad SMARTS) is 2. The van der Waals surface area contributed by atoms with Crippen molar-refractivity contribution in [2.45, 2.75) is 12.8 Å². The highest BCUT2D eigenvalue weighted by Gasteiger charge is 1.96. The van der Waals surface area contributed by atoms with Crippen molar-refractivity contribution in [1.29, 1.82) is 0 Å². The van der Waals surface area contributed by atoms with Gasteiger partial charge in [-0.3, -0.25) is 9.59 Å². The van der Waals surface area contributed by atoms with Crippen molar-refractivity contribution in [2.75, 3.05) is 39.4 Å². The number of ether oxygens (including phenoxy) is 1. The van der Waals surface area contributed by atoms with E-state index in [9.17, 15) is 9.59 Å². The molecule has 0 aromatic carbocycles. The Balaban J connectivity index is 2.98. The van der Waals surface area contributed by atoms with Crippen LogP contribution in [0.1, 0.15) is 12.8 Å². The Hall–Kier alpha value is -1.18. The van der Waals surface area contributed by atoms with Gasteiger partial charge in [0.2, 0.25) is 0 Å². The summed E-state index contributed by atoms with van der Waals surface area (Å²) in [5.41, 5.74) is 0. The minimum Gasteiger partial charge on any atom is -0.481 e. The molecule has 0 atom stereocenters. The molecule has 0 amide bonds. The van der Waals surface area contributed by atoms with Gasteiger partial charge in [0.15, 0.2) is 0 Å². The predicted molar refractivity (Wildman–Crippen MR) is 61.1 cm³/mol. The van der Waals surface area contributed by atoms with Crippen LogP contribution in [0.5, 0.6) is 0 Å². The van der Waals surface area contributed by atoms with Crippen molar-refractivity contribution in [3.05, 3.63) is 0 Å². The van der Waals surface area contributed by atoms with Gasteiger partial charge in [0.25, 0.3) is 0 Å². The number of rotatable bonds is 12. The molecule has 0 aliphatic carbocycles. The second-order valence-corrected chi connectivity index (χ2v) is 3.40. The topological polar surface area (TPSA) is 108 Å².